The van der Waals surface area contributed by atoms with E-state index in [9.17, 15) is 22.9 Å². The predicted octanol–water partition coefficient (Wildman–Crippen LogP) is -2.00. The Morgan fingerprint density at radius 2 is 2.24 bits per heavy atom. The Hall–Kier alpha value is -2.08. The Kier molecular flexibility index (Phi) is 7.33. The second-order valence-corrected chi connectivity index (χ2v) is 8.73. The lowest BCUT2D eigenvalue weighted by molar-refractivity contribution is -0.0450. The number of nitrogens with zero attached hydrogens (tertiary/aromatic N) is 2. The highest BCUT2D eigenvalue weighted by molar-refractivity contribution is 7.92. The number of rotatable bonds is 7. The number of aliphatic hydroxyl groups is 1. The molecule has 15 heteroatoms. The van der Waals surface area contributed by atoms with Crippen LogP contribution in [0.1, 0.15) is 18.2 Å². The molecule has 1 saturated heterocycles. The summed E-state index contributed by atoms with van der Waals surface area (Å²) in [6.07, 6.45) is -2.09. The van der Waals surface area contributed by atoms with Crippen molar-refractivity contribution in [2.24, 2.45) is 0 Å². The van der Waals surface area contributed by atoms with Crippen molar-refractivity contribution in [2.75, 3.05) is 18.9 Å². The van der Waals surface area contributed by atoms with Crippen LogP contribution in [0.5, 0.6) is 0 Å². The molecule has 0 radical (unpaired) electrons. The highest BCUT2D eigenvalue weighted by atomic mass is 32.2. The summed E-state index contributed by atoms with van der Waals surface area (Å²) in [7, 11) is -8.40. The van der Waals surface area contributed by atoms with Gasteiger partial charge in [0.1, 0.15) is 18.1 Å². The molecular formula is C14H19N4O9PS. The first-order valence-corrected chi connectivity index (χ1v) is 11.0. The molecule has 160 valence electrons. The van der Waals surface area contributed by atoms with Gasteiger partial charge in [0.2, 0.25) is 10.0 Å². The van der Waals surface area contributed by atoms with Crippen LogP contribution in [0.15, 0.2) is 23.0 Å². The first-order chi connectivity index (χ1) is 13.4. The van der Waals surface area contributed by atoms with Crippen molar-refractivity contribution in [3.05, 3.63) is 34.2 Å². The monoisotopic (exact) mass is 450 g/mol. The van der Waals surface area contributed by atoms with Gasteiger partial charge in [0.25, 0.3) is 0 Å². The first kappa shape index (κ1) is 23.2. The van der Waals surface area contributed by atoms with Crippen molar-refractivity contribution in [1.82, 2.24) is 14.3 Å². The van der Waals surface area contributed by atoms with Gasteiger partial charge < -0.3 is 25.4 Å². The number of anilines is 1. The maximum Gasteiger partial charge on any atom is 0.469 e. The van der Waals surface area contributed by atoms with Crippen LogP contribution < -0.4 is 16.1 Å². The number of sulfonamides is 1. The lowest BCUT2D eigenvalue weighted by Gasteiger charge is -2.16. The molecule has 1 aliphatic rings. The van der Waals surface area contributed by atoms with Crippen LogP contribution in [-0.2, 0) is 23.8 Å². The summed E-state index contributed by atoms with van der Waals surface area (Å²) in [5.74, 6) is 4.88. The fourth-order valence-electron chi connectivity index (χ4n) is 2.33. The number of nitrogens with one attached hydrogen (secondary N) is 1. The largest absolute Gasteiger partial charge is 0.469 e. The SMILES string of the molecule is C=CS(=O)(=O)NCC#Cc1cn([C@H]2C[C@H](O)[C@@H](COP(=O)(O)O)O2)c(=O)nc1N. The zero-order valence-electron chi connectivity index (χ0n) is 14.8. The highest BCUT2D eigenvalue weighted by Gasteiger charge is 2.37. The fourth-order valence-corrected chi connectivity index (χ4v) is 3.06. The Balaban J connectivity index is 2.16. The predicted molar refractivity (Wildman–Crippen MR) is 99.4 cm³/mol. The summed E-state index contributed by atoms with van der Waals surface area (Å²) in [5.41, 5.74) is 4.96. The third-order valence-electron chi connectivity index (χ3n) is 3.71. The first-order valence-electron chi connectivity index (χ1n) is 7.95. The molecule has 0 aromatic carbocycles. The number of nitrogen functional groups attached to an aromatic ring is 1. The third-order valence-corrected chi connectivity index (χ3v) is 5.18. The van der Waals surface area contributed by atoms with E-state index in [1.165, 1.54) is 6.20 Å². The number of hydrogen-bond acceptors (Lipinski definition) is 9. The second kappa shape index (κ2) is 9.16. The fraction of sp³-hybridized carbons (Fsp3) is 0.429. The van der Waals surface area contributed by atoms with Crippen LogP contribution in [-0.4, -0.2) is 58.2 Å². The molecule has 29 heavy (non-hydrogen) atoms. The number of hydrogen-bond donors (Lipinski definition) is 5. The van der Waals surface area contributed by atoms with E-state index in [1.807, 2.05) is 0 Å². The Morgan fingerprint density at radius 3 is 2.86 bits per heavy atom. The normalized spacial score (nSPS) is 22.1. The molecule has 6 N–H and O–H groups in total. The van der Waals surface area contributed by atoms with Crippen LogP contribution in [0.4, 0.5) is 5.82 Å². The minimum absolute atomic E-state index is 0.0767. The quantitative estimate of drug-likeness (QED) is 0.227. The highest BCUT2D eigenvalue weighted by Crippen LogP contribution is 2.38. The van der Waals surface area contributed by atoms with Gasteiger partial charge in [-0.3, -0.25) is 9.09 Å². The van der Waals surface area contributed by atoms with Crippen molar-refractivity contribution in [3.63, 3.8) is 0 Å². The molecule has 1 aromatic heterocycles. The van der Waals surface area contributed by atoms with E-state index >= 15 is 0 Å². The van der Waals surface area contributed by atoms with Crippen molar-refractivity contribution in [1.29, 1.82) is 0 Å². The lowest BCUT2D eigenvalue weighted by Crippen LogP contribution is -2.29. The Morgan fingerprint density at radius 1 is 1.55 bits per heavy atom. The minimum atomic E-state index is -4.75. The van der Waals surface area contributed by atoms with Crippen LogP contribution in [0.2, 0.25) is 0 Å². The number of nitrogens with two attached hydrogens (primary N) is 1. The van der Waals surface area contributed by atoms with Gasteiger partial charge in [0, 0.05) is 18.0 Å². The van der Waals surface area contributed by atoms with E-state index in [0.717, 1.165) is 9.98 Å². The number of aliphatic hydroxyl groups excluding tert-OH is 1. The third kappa shape index (κ3) is 6.74. The molecule has 13 nitrogen and oxygen atoms in total. The smallest absolute Gasteiger partial charge is 0.390 e. The van der Waals surface area contributed by atoms with Crippen LogP contribution in [0.25, 0.3) is 0 Å². The van der Waals surface area contributed by atoms with Gasteiger partial charge in [-0.15, -0.1) is 0 Å². The minimum Gasteiger partial charge on any atom is -0.390 e. The summed E-state index contributed by atoms with van der Waals surface area (Å²) in [4.78, 5) is 33.2. The maximum atomic E-state index is 12.1. The maximum absolute atomic E-state index is 12.1. The standard InChI is InChI=1S/C14H19N4O9PS/c1-2-29(24,25)16-5-3-4-9-7-18(14(20)17-13(9)15)12-6-10(19)11(27-12)8-26-28(21,22)23/h2,7,10-12,16,19H,1,5-6,8H2,(H2,15,17,20)(H2,21,22,23)/t10-,11+,12+/m0/s1. The van der Waals surface area contributed by atoms with E-state index in [1.54, 1.807) is 0 Å². The van der Waals surface area contributed by atoms with Crippen LogP contribution in [0, 0.1) is 11.8 Å². The van der Waals surface area contributed by atoms with Gasteiger partial charge in [-0.1, -0.05) is 18.4 Å². The molecule has 0 bridgehead atoms. The number of aromatic nitrogens is 2. The van der Waals surface area contributed by atoms with E-state index in [4.69, 9.17) is 20.3 Å². The molecular weight excluding hydrogens is 431 g/mol. The van der Waals surface area contributed by atoms with Gasteiger partial charge >= 0.3 is 13.5 Å². The topological polar surface area (TPSA) is 203 Å². The number of phosphoric acid groups is 1. The molecule has 2 heterocycles. The van der Waals surface area contributed by atoms with E-state index < -0.39 is 48.6 Å². The summed E-state index contributed by atoms with van der Waals surface area (Å²) in [5, 5.41) is 10.7. The molecule has 0 saturated carbocycles. The molecule has 3 atom stereocenters. The Labute approximate surface area is 165 Å². The molecule has 2 rings (SSSR count). The van der Waals surface area contributed by atoms with Crippen molar-refractivity contribution < 1.29 is 37.1 Å². The number of phosphoric ester groups is 1. The van der Waals surface area contributed by atoms with Crippen LogP contribution >= 0.6 is 7.82 Å². The van der Waals surface area contributed by atoms with Crippen molar-refractivity contribution in [2.45, 2.75) is 24.9 Å². The van der Waals surface area contributed by atoms with Gasteiger partial charge in [0.15, 0.2) is 0 Å². The zero-order valence-corrected chi connectivity index (χ0v) is 16.5. The molecule has 0 spiro atoms. The molecule has 1 aliphatic heterocycles. The average Bonchev–Trinajstić information content (AvgIpc) is 2.98. The summed E-state index contributed by atoms with van der Waals surface area (Å²) >= 11 is 0. The summed E-state index contributed by atoms with van der Waals surface area (Å²) < 4.78 is 46.2. The van der Waals surface area contributed by atoms with E-state index in [0.29, 0.717) is 0 Å². The summed E-state index contributed by atoms with van der Waals surface area (Å²) in [6.45, 7) is 2.30. The van der Waals surface area contributed by atoms with E-state index in [-0.39, 0.29) is 24.3 Å². The number of ether oxygens (including phenoxy) is 1. The molecule has 1 fully saturated rings. The van der Waals surface area contributed by atoms with E-state index in [2.05, 4.69) is 32.6 Å². The second-order valence-electron chi connectivity index (χ2n) is 5.78. The lowest BCUT2D eigenvalue weighted by atomic mass is 10.2. The van der Waals surface area contributed by atoms with Crippen molar-refractivity contribution in [3.8, 4) is 11.8 Å². The van der Waals surface area contributed by atoms with Gasteiger partial charge in [-0.05, 0) is 0 Å². The Bertz CT molecular complexity index is 1040. The van der Waals surface area contributed by atoms with Gasteiger partial charge in [-0.2, -0.15) is 9.71 Å². The van der Waals surface area contributed by atoms with Gasteiger partial charge in [0.05, 0.1) is 24.8 Å². The van der Waals surface area contributed by atoms with Crippen LogP contribution in [0.3, 0.4) is 0 Å². The van der Waals surface area contributed by atoms with Crippen molar-refractivity contribution >= 4 is 23.7 Å². The molecule has 0 aliphatic carbocycles. The zero-order chi connectivity index (χ0) is 21.8. The molecule has 1 aromatic rings. The average molecular weight is 450 g/mol. The molecule has 0 unspecified atom stereocenters. The molecule has 0 amide bonds. The summed E-state index contributed by atoms with van der Waals surface area (Å²) in [6, 6.07) is 0. The van der Waals surface area contributed by atoms with Gasteiger partial charge in [-0.25, -0.2) is 17.8 Å².